The lowest BCUT2D eigenvalue weighted by Crippen LogP contribution is -2.04. The fraction of sp³-hybridized carbons (Fsp3) is 0.222. The first-order valence-electron chi connectivity index (χ1n) is 7.75. The van der Waals surface area contributed by atoms with Gasteiger partial charge in [-0.05, 0) is 24.6 Å². The average molecular weight is 323 g/mol. The second kappa shape index (κ2) is 5.98. The van der Waals surface area contributed by atoms with Gasteiger partial charge in [-0.3, -0.25) is 0 Å². The summed E-state index contributed by atoms with van der Waals surface area (Å²) >= 11 is 0. The van der Waals surface area contributed by atoms with Crippen LogP contribution in [0.1, 0.15) is 5.56 Å². The predicted octanol–water partition coefficient (Wildman–Crippen LogP) is 3.17. The molecule has 6 heteroatoms. The Hall–Kier alpha value is -2.86. The number of rotatable bonds is 5. The molecule has 0 spiro atoms. The second-order valence-electron chi connectivity index (χ2n) is 5.77. The number of epoxide rings is 1. The molecule has 0 saturated carbocycles. The first-order valence-corrected chi connectivity index (χ1v) is 7.75. The zero-order valence-corrected chi connectivity index (χ0v) is 13.2. The number of hydrogen-bond acceptors (Lipinski definition) is 6. The van der Waals surface area contributed by atoms with Crippen molar-refractivity contribution in [2.24, 2.45) is 0 Å². The topological polar surface area (TPSA) is 79.8 Å². The zero-order chi connectivity index (χ0) is 16.5. The summed E-state index contributed by atoms with van der Waals surface area (Å²) in [6.45, 7) is 3.16. The maximum atomic E-state index is 10.2. The van der Waals surface area contributed by atoms with Crippen molar-refractivity contribution in [1.29, 1.82) is 0 Å². The van der Waals surface area contributed by atoms with Gasteiger partial charge in [0.1, 0.15) is 24.9 Å². The Kier molecular flexibility index (Phi) is 3.66. The van der Waals surface area contributed by atoms with Gasteiger partial charge in [0.25, 0.3) is 0 Å². The highest BCUT2D eigenvalue weighted by molar-refractivity contribution is 5.93. The summed E-state index contributed by atoms with van der Waals surface area (Å²) in [5, 5.41) is 14.3. The van der Waals surface area contributed by atoms with Crippen molar-refractivity contribution in [2.45, 2.75) is 13.0 Å². The van der Waals surface area contributed by atoms with Crippen LogP contribution in [0.5, 0.6) is 11.5 Å². The van der Waals surface area contributed by atoms with Crippen LogP contribution in [-0.4, -0.2) is 34.4 Å². The number of aromatic hydroxyl groups is 1. The van der Waals surface area contributed by atoms with Gasteiger partial charge >= 0.3 is 0 Å². The predicted molar refractivity (Wildman–Crippen MR) is 90.9 cm³/mol. The molecule has 122 valence electrons. The van der Waals surface area contributed by atoms with E-state index in [0.717, 1.165) is 16.6 Å². The fourth-order valence-electron chi connectivity index (χ4n) is 2.48. The number of anilines is 2. The number of aromatic nitrogens is 2. The summed E-state index contributed by atoms with van der Waals surface area (Å²) in [5.74, 6) is 1.10. The van der Waals surface area contributed by atoms with Crippen LogP contribution in [0.3, 0.4) is 0 Å². The van der Waals surface area contributed by atoms with Crippen molar-refractivity contribution < 1.29 is 14.6 Å². The normalized spacial score (nSPS) is 16.1. The quantitative estimate of drug-likeness (QED) is 0.702. The Labute approximate surface area is 139 Å². The number of nitrogens with one attached hydrogen (secondary N) is 1. The third kappa shape index (κ3) is 2.96. The standard InChI is InChI=1S/C18H17N3O3/c1-11-4-2-3-5-14(11)21-18-13-6-16(22)17(24-9-12-8-23-12)7-15(13)19-10-20-18/h2-7,10,12,22H,8-9H2,1H3,(H,19,20,21). The molecule has 1 fully saturated rings. The Morgan fingerprint density at radius 3 is 2.92 bits per heavy atom. The first kappa shape index (κ1) is 14.7. The van der Waals surface area contributed by atoms with Crippen LogP contribution in [0.25, 0.3) is 10.9 Å². The molecular weight excluding hydrogens is 306 g/mol. The lowest BCUT2D eigenvalue weighted by molar-refractivity contribution is 0.254. The Morgan fingerprint density at radius 1 is 1.29 bits per heavy atom. The summed E-state index contributed by atoms with van der Waals surface area (Å²) < 4.78 is 10.7. The molecule has 6 nitrogen and oxygen atoms in total. The highest BCUT2D eigenvalue weighted by atomic mass is 16.6. The minimum absolute atomic E-state index is 0.0609. The van der Waals surface area contributed by atoms with Crippen LogP contribution in [0.15, 0.2) is 42.7 Å². The molecule has 1 aliphatic rings. The largest absolute Gasteiger partial charge is 0.504 e. The minimum Gasteiger partial charge on any atom is -0.504 e. The average Bonchev–Trinajstić information content (AvgIpc) is 3.40. The summed E-state index contributed by atoms with van der Waals surface area (Å²) in [7, 11) is 0. The number of hydrogen-bond donors (Lipinski definition) is 2. The molecular formula is C18H17N3O3. The molecule has 1 atom stereocenters. The smallest absolute Gasteiger partial charge is 0.163 e. The summed E-state index contributed by atoms with van der Waals surface area (Å²) in [5.41, 5.74) is 2.77. The van der Waals surface area contributed by atoms with Crippen LogP contribution < -0.4 is 10.1 Å². The summed E-state index contributed by atoms with van der Waals surface area (Å²) in [4.78, 5) is 8.58. The molecule has 3 aromatic rings. The molecule has 0 amide bonds. The van der Waals surface area contributed by atoms with Gasteiger partial charge in [-0.1, -0.05) is 18.2 Å². The molecule has 4 rings (SSSR count). The van der Waals surface area contributed by atoms with E-state index in [0.29, 0.717) is 30.3 Å². The van der Waals surface area contributed by atoms with E-state index in [4.69, 9.17) is 9.47 Å². The fourth-order valence-corrected chi connectivity index (χ4v) is 2.48. The van der Waals surface area contributed by atoms with Crippen molar-refractivity contribution in [3.05, 3.63) is 48.3 Å². The molecule has 0 radical (unpaired) electrons. The zero-order valence-electron chi connectivity index (χ0n) is 13.2. The highest BCUT2D eigenvalue weighted by Gasteiger charge is 2.23. The molecule has 1 aromatic heterocycles. The van der Waals surface area contributed by atoms with Gasteiger partial charge in [-0.2, -0.15) is 0 Å². The van der Waals surface area contributed by atoms with Gasteiger partial charge < -0.3 is 19.9 Å². The Bertz CT molecular complexity index is 894. The van der Waals surface area contributed by atoms with Gasteiger partial charge in [0.05, 0.1) is 12.1 Å². The van der Waals surface area contributed by atoms with Gasteiger partial charge in [0, 0.05) is 17.1 Å². The van der Waals surface area contributed by atoms with E-state index < -0.39 is 0 Å². The maximum Gasteiger partial charge on any atom is 0.163 e. The number of ether oxygens (including phenoxy) is 2. The molecule has 2 heterocycles. The van der Waals surface area contributed by atoms with Gasteiger partial charge in [0.15, 0.2) is 11.5 Å². The third-order valence-corrected chi connectivity index (χ3v) is 3.94. The number of fused-ring (bicyclic) bond motifs is 1. The Morgan fingerprint density at radius 2 is 2.12 bits per heavy atom. The minimum atomic E-state index is 0.0609. The second-order valence-corrected chi connectivity index (χ2v) is 5.77. The number of nitrogens with zero attached hydrogens (tertiary/aromatic N) is 2. The van der Waals surface area contributed by atoms with E-state index in [2.05, 4.69) is 15.3 Å². The lowest BCUT2D eigenvalue weighted by Gasteiger charge is -2.12. The molecule has 2 N–H and O–H groups in total. The van der Waals surface area contributed by atoms with E-state index in [-0.39, 0.29) is 11.9 Å². The lowest BCUT2D eigenvalue weighted by atomic mass is 10.1. The van der Waals surface area contributed by atoms with E-state index in [1.54, 1.807) is 12.1 Å². The molecule has 24 heavy (non-hydrogen) atoms. The number of benzene rings is 2. The summed E-state index contributed by atoms with van der Waals surface area (Å²) in [6, 6.07) is 11.3. The van der Waals surface area contributed by atoms with Crippen molar-refractivity contribution >= 4 is 22.4 Å². The van der Waals surface area contributed by atoms with Crippen LogP contribution in [0.2, 0.25) is 0 Å². The number of aryl methyl sites for hydroxylation is 1. The van der Waals surface area contributed by atoms with Crippen molar-refractivity contribution in [3.8, 4) is 11.5 Å². The van der Waals surface area contributed by atoms with Crippen molar-refractivity contribution in [1.82, 2.24) is 9.97 Å². The molecule has 1 saturated heterocycles. The monoisotopic (exact) mass is 323 g/mol. The number of phenolic OH excluding ortho intramolecular Hbond substituents is 1. The molecule has 1 aliphatic heterocycles. The van der Waals surface area contributed by atoms with E-state index >= 15 is 0 Å². The van der Waals surface area contributed by atoms with Crippen molar-refractivity contribution in [2.75, 3.05) is 18.5 Å². The number of phenols is 1. The van der Waals surface area contributed by atoms with E-state index in [1.165, 1.54) is 6.33 Å². The van der Waals surface area contributed by atoms with Crippen LogP contribution in [0, 0.1) is 6.92 Å². The highest BCUT2D eigenvalue weighted by Crippen LogP contribution is 2.34. The SMILES string of the molecule is Cc1ccccc1Nc1ncnc2cc(OCC3CO3)c(O)cc12. The van der Waals surface area contributed by atoms with E-state index in [1.807, 2.05) is 31.2 Å². The van der Waals surface area contributed by atoms with Gasteiger partial charge in [0.2, 0.25) is 0 Å². The van der Waals surface area contributed by atoms with Crippen molar-refractivity contribution in [3.63, 3.8) is 0 Å². The maximum absolute atomic E-state index is 10.2. The summed E-state index contributed by atoms with van der Waals surface area (Å²) in [6.07, 6.45) is 1.62. The van der Waals surface area contributed by atoms with Crippen LogP contribution in [0.4, 0.5) is 11.5 Å². The van der Waals surface area contributed by atoms with E-state index in [9.17, 15) is 5.11 Å². The molecule has 2 aromatic carbocycles. The van der Waals surface area contributed by atoms with Crippen LogP contribution in [-0.2, 0) is 4.74 Å². The van der Waals surface area contributed by atoms with Crippen LogP contribution >= 0.6 is 0 Å². The number of para-hydroxylation sites is 1. The third-order valence-electron chi connectivity index (χ3n) is 3.94. The van der Waals surface area contributed by atoms with Gasteiger partial charge in [-0.25, -0.2) is 9.97 Å². The Balaban J connectivity index is 1.68. The molecule has 0 aliphatic carbocycles. The first-order chi connectivity index (χ1) is 11.7. The molecule has 0 bridgehead atoms. The van der Waals surface area contributed by atoms with Gasteiger partial charge in [-0.15, -0.1) is 0 Å². The molecule has 1 unspecified atom stereocenters.